The van der Waals surface area contributed by atoms with E-state index < -0.39 is 5.54 Å². The summed E-state index contributed by atoms with van der Waals surface area (Å²) in [5, 5.41) is 7.15. The van der Waals surface area contributed by atoms with Gasteiger partial charge < -0.3 is 5.32 Å². The summed E-state index contributed by atoms with van der Waals surface area (Å²) in [5.74, 6) is -0.0507. The number of nitrogens with zero attached hydrogens (tertiary/aromatic N) is 1. The highest BCUT2D eigenvalue weighted by molar-refractivity contribution is 7.08. The van der Waals surface area contributed by atoms with Crippen LogP contribution in [-0.2, 0) is 15.1 Å². The third-order valence-electron chi connectivity index (χ3n) is 5.12. The van der Waals surface area contributed by atoms with Gasteiger partial charge in [-0.15, -0.1) is 0 Å². The maximum Gasteiger partial charge on any atom is 0.251 e. The van der Waals surface area contributed by atoms with Crippen LogP contribution in [0.3, 0.4) is 0 Å². The zero-order valence-corrected chi connectivity index (χ0v) is 14.2. The number of hydrogen-bond acceptors (Lipinski definition) is 3. The molecule has 24 heavy (non-hydrogen) atoms. The van der Waals surface area contributed by atoms with E-state index in [1.807, 2.05) is 47.2 Å². The van der Waals surface area contributed by atoms with E-state index in [0.29, 0.717) is 0 Å². The smallest absolute Gasteiger partial charge is 0.251 e. The van der Waals surface area contributed by atoms with E-state index in [4.69, 9.17) is 0 Å². The molecule has 0 spiro atoms. The van der Waals surface area contributed by atoms with Crippen molar-refractivity contribution >= 4 is 28.8 Å². The Kier molecular flexibility index (Phi) is 3.88. The van der Waals surface area contributed by atoms with E-state index in [1.54, 1.807) is 16.2 Å². The SMILES string of the molecule is O=C1C[C@@](C(=O)NC2CCCC2)(c2ccsc2)N1c1ccccc1. The first-order valence-corrected chi connectivity index (χ1v) is 9.38. The van der Waals surface area contributed by atoms with Crippen LogP contribution < -0.4 is 10.2 Å². The number of thiophene rings is 1. The molecule has 4 rings (SSSR count). The van der Waals surface area contributed by atoms with E-state index in [9.17, 15) is 9.59 Å². The topological polar surface area (TPSA) is 49.4 Å². The molecule has 1 aromatic heterocycles. The monoisotopic (exact) mass is 340 g/mol. The average Bonchev–Trinajstić information content (AvgIpc) is 3.26. The lowest BCUT2D eigenvalue weighted by Crippen LogP contribution is -2.69. The van der Waals surface area contributed by atoms with Crippen LogP contribution in [0, 0.1) is 0 Å². The highest BCUT2D eigenvalue weighted by Crippen LogP contribution is 2.46. The number of rotatable bonds is 4. The average molecular weight is 340 g/mol. The van der Waals surface area contributed by atoms with Crippen LogP contribution in [0.25, 0.3) is 0 Å². The fourth-order valence-corrected chi connectivity index (χ4v) is 4.58. The number of carbonyl (C=O) groups is 2. The van der Waals surface area contributed by atoms with Crippen molar-refractivity contribution in [2.24, 2.45) is 0 Å². The Bertz CT molecular complexity index is 738. The largest absolute Gasteiger partial charge is 0.351 e. The fraction of sp³-hybridized carbons (Fsp3) is 0.368. The van der Waals surface area contributed by atoms with Gasteiger partial charge in [0, 0.05) is 11.7 Å². The van der Waals surface area contributed by atoms with Gasteiger partial charge in [-0.2, -0.15) is 11.3 Å². The minimum absolute atomic E-state index is 0.00558. The molecule has 1 saturated heterocycles. The molecule has 1 saturated carbocycles. The molecule has 4 nitrogen and oxygen atoms in total. The predicted molar refractivity (Wildman–Crippen MR) is 94.9 cm³/mol. The summed E-state index contributed by atoms with van der Waals surface area (Å²) < 4.78 is 0. The van der Waals surface area contributed by atoms with Gasteiger partial charge in [0.25, 0.3) is 5.91 Å². The van der Waals surface area contributed by atoms with E-state index in [1.165, 1.54) is 0 Å². The first kappa shape index (κ1) is 15.4. The zero-order valence-electron chi connectivity index (χ0n) is 13.4. The second kappa shape index (κ2) is 6.06. The summed E-state index contributed by atoms with van der Waals surface area (Å²) >= 11 is 1.56. The van der Waals surface area contributed by atoms with Crippen LogP contribution in [0.2, 0.25) is 0 Å². The van der Waals surface area contributed by atoms with Crippen molar-refractivity contribution in [2.45, 2.75) is 43.7 Å². The molecule has 5 heteroatoms. The normalized spacial score (nSPS) is 24.0. The quantitative estimate of drug-likeness (QED) is 0.867. The third kappa shape index (κ3) is 2.35. The minimum Gasteiger partial charge on any atom is -0.351 e. The van der Waals surface area contributed by atoms with Crippen molar-refractivity contribution in [1.82, 2.24) is 5.32 Å². The van der Waals surface area contributed by atoms with Crippen LogP contribution in [0.4, 0.5) is 5.69 Å². The van der Waals surface area contributed by atoms with Crippen molar-refractivity contribution in [3.8, 4) is 0 Å². The minimum atomic E-state index is -0.902. The van der Waals surface area contributed by atoms with Gasteiger partial charge in [0.2, 0.25) is 5.91 Å². The van der Waals surface area contributed by atoms with Crippen LogP contribution >= 0.6 is 11.3 Å². The van der Waals surface area contributed by atoms with Crippen molar-refractivity contribution in [2.75, 3.05) is 4.90 Å². The maximum atomic E-state index is 13.2. The standard InChI is InChI=1S/C19H20N2O2S/c22-17-12-19(14-10-11-24-13-14,18(23)20-15-6-4-5-7-15)21(17)16-8-2-1-3-9-16/h1-3,8-11,13,15H,4-7,12H2,(H,20,23)/t19-/m0/s1. The number of hydrogen-bond donors (Lipinski definition) is 1. The summed E-state index contributed by atoms with van der Waals surface area (Å²) in [7, 11) is 0. The van der Waals surface area contributed by atoms with Crippen molar-refractivity contribution in [3.63, 3.8) is 0 Å². The highest BCUT2D eigenvalue weighted by atomic mass is 32.1. The predicted octanol–water partition coefficient (Wildman–Crippen LogP) is 3.44. The number of benzene rings is 1. The molecule has 2 fully saturated rings. The molecule has 0 unspecified atom stereocenters. The van der Waals surface area contributed by atoms with Gasteiger partial charge in [0.15, 0.2) is 5.54 Å². The highest BCUT2D eigenvalue weighted by Gasteiger charge is 2.58. The molecule has 2 amide bonds. The lowest BCUT2D eigenvalue weighted by molar-refractivity contribution is -0.140. The van der Waals surface area contributed by atoms with Crippen molar-refractivity contribution < 1.29 is 9.59 Å². The third-order valence-corrected chi connectivity index (χ3v) is 5.80. The summed E-state index contributed by atoms with van der Waals surface area (Å²) in [6.45, 7) is 0. The fourth-order valence-electron chi connectivity index (χ4n) is 3.86. The number of para-hydroxylation sites is 1. The summed E-state index contributed by atoms with van der Waals surface area (Å²) in [4.78, 5) is 27.3. The summed E-state index contributed by atoms with van der Waals surface area (Å²) in [6, 6.07) is 11.7. The lowest BCUT2D eigenvalue weighted by Gasteiger charge is -2.50. The Labute approximate surface area is 145 Å². The molecule has 1 aliphatic heterocycles. The molecule has 2 aromatic rings. The molecule has 2 heterocycles. The Morgan fingerprint density at radius 3 is 2.54 bits per heavy atom. The molecule has 124 valence electrons. The summed E-state index contributed by atoms with van der Waals surface area (Å²) in [6.07, 6.45) is 4.63. The summed E-state index contributed by atoms with van der Waals surface area (Å²) in [5.41, 5.74) is 0.786. The molecule has 1 N–H and O–H groups in total. The van der Waals surface area contributed by atoms with Gasteiger partial charge in [0.05, 0.1) is 6.42 Å². The van der Waals surface area contributed by atoms with E-state index >= 15 is 0 Å². The molecule has 0 bridgehead atoms. The molecular weight excluding hydrogens is 320 g/mol. The number of β-lactam (4-membered cyclic amide) rings is 1. The van der Waals surface area contributed by atoms with E-state index in [2.05, 4.69) is 5.32 Å². The Hall–Kier alpha value is -2.14. The first-order chi connectivity index (χ1) is 11.7. The van der Waals surface area contributed by atoms with Crippen LogP contribution in [-0.4, -0.2) is 17.9 Å². The lowest BCUT2D eigenvalue weighted by atomic mass is 9.77. The van der Waals surface area contributed by atoms with E-state index in [-0.39, 0.29) is 24.3 Å². The molecule has 1 atom stereocenters. The van der Waals surface area contributed by atoms with Crippen molar-refractivity contribution in [1.29, 1.82) is 0 Å². The number of nitrogens with one attached hydrogen (secondary N) is 1. The second-order valence-corrected chi connectivity index (χ2v) is 7.35. The van der Waals surface area contributed by atoms with Gasteiger partial charge >= 0.3 is 0 Å². The Balaban J connectivity index is 1.72. The molecule has 0 radical (unpaired) electrons. The maximum absolute atomic E-state index is 13.2. The van der Waals surface area contributed by atoms with Crippen molar-refractivity contribution in [3.05, 3.63) is 52.7 Å². The molecule has 2 aliphatic rings. The van der Waals surface area contributed by atoms with Gasteiger partial charge in [-0.1, -0.05) is 31.0 Å². The molecule has 1 aromatic carbocycles. The number of amides is 2. The van der Waals surface area contributed by atoms with Crippen LogP contribution in [0.15, 0.2) is 47.2 Å². The van der Waals surface area contributed by atoms with Crippen LogP contribution in [0.1, 0.15) is 37.7 Å². The van der Waals surface area contributed by atoms with Gasteiger partial charge in [-0.3, -0.25) is 14.5 Å². The number of carbonyl (C=O) groups excluding carboxylic acids is 2. The zero-order chi connectivity index (χ0) is 16.6. The van der Waals surface area contributed by atoms with Crippen LogP contribution in [0.5, 0.6) is 0 Å². The second-order valence-electron chi connectivity index (χ2n) is 6.57. The molecular formula is C19H20N2O2S. The van der Waals surface area contributed by atoms with E-state index in [0.717, 1.165) is 36.9 Å². The van der Waals surface area contributed by atoms with Gasteiger partial charge in [0.1, 0.15) is 0 Å². The number of anilines is 1. The van der Waals surface area contributed by atoms with Gasteiger partial charge in [-0.05, 0) is 47.4 Å². The Morgan fingerprint density at radius 1 is 1.17 bits per heavy atom. The van der Waals surface area contributed by atoms with Gasteiger partial charge in [-0.25, -0.2) is 0 Å². The molecule has 1 aliphatic carbocycles. The Morgan fingerprint density at radius 2 is 1.92 bits per heavy atom. The first-order valence-electron chi connectivity index (χ1n) is 8.43.